The van der Waals surface area contributed by atoms with Crippen molar-refractivity contribution >= 4 is 33.3 Å². The molecule has 2 amide bonds. The van der Waals surface area contributed by atoms with Gasteiger partial charge in [0.25, 0.3) is 0 Å². The summed E-state index contributed by atoms with van der Waals surface area (Å²) in [6.45, 7) is 8.51. The number of aromatic nitrogens is 2. The molecule has 0 unspecified atom stereocenters. The van der Waals surface area contributed by atoms with Gasteiger partial charge in [-0.2, -0.15) is 0 Å². The molecular formula is C18H25N5OS. The molecule has 2 N–H and O–H groups in total. The van der Waals surface area contributed by atoms with E-state index in [-0.39, 0.29) is 6.03 Å². The fraction of sp³-hybridized carbons (Fsp3) is 0.500. The van der Waals surface area contributed by atoms with Gasteiger partial charge in [0.05, 0.1) is 0 Å². The fourth-order valence-electron chi connectivity index (χ4n) is 3.25. The van der Waals surface area contributed by atoms with E-state index in [0.717, 1.165) is 16.4 Å². The molecule has 1 fully saturated rings. The number of rotatable bonds is 3. The highest BCUT2D eigenvalue weighted by molar-refractivity contribution is 7.19. The second kappa shape index (κ2) is 7.39. The van der Waals surface area contributed by atoms with Crippen molar-refractivity contribution in [2.45, 2.75) is 59.0 Å². The van der Waals surface area contributed by atoms with Crippen molar-refractivity contribution in [1.29, 1.82) is 0 Å². The quantitative estimate of drug-likeness (QED) is 0.842. The third-order valence-corrected chi connectivity index (χ3v) is 5.67. The van der Waals surface area contributed by atoms with Gasteiger partial charge in [-0.25, -0.2) is 4.79 Å². The van der Waals surface area contributed by atoms with Gasteiger partial charge in [-0.1, -0.05) is 17.4 Å². The lowest BCUT2D eigenvalue weighted by Gasteiger charge is -2.38. The van der Waals surface area contributed by atoms with Gasteiger partial charge in [0.15, 0.2) is 0 Å². The van der Waals surface area contributed by atoms with Crippen LogP contribution in [0.2, 0.25) is 0 Å². The number of carbonyl (C=O) groups excluding carboxylic acids is 1. The van der Waals surface area contributed by atoms with Crippen LogP contribution < -0.4 is 15.5 Å². The lowest BCUT2D eigenvalue weighted by Crippen LogP contribution is -2.43. The zero-order chi connectivity index (χ0) is 18.0. The first-order chi connectivity index (χ1) is 11.9. The topological polar surface area (TPSA) is 70.1 Å². The second-order valence-corrected chi connectivity index (χ2v) is 7.76. The molecular weight excluding hydrogens is 334 g/mol. The van der Waals surface area contributed by atoms with Gasteiger partial charge < -0.3 is 10.2 Å². The molecule has 6 nitrogen and oxygen atoms in total. The average molecular weight is 359 g/mol. The van der Waals surface area contributed by atoms with E-state index in [4.69, 9.17) is 0 Å². The second-order valence-electron chi connectivity index (χ2n) is 6.80. The predicted molar refractivity (Wildman–Crippen MR) is 104 cm³/mol. The van der Waals surface area contributed by atoms with Gasteiger partial charge in [0, 0.05) is 17.8 Å². The van der Waals surface area contributed by atoms with Crippen LogP contribution in [0.3, 0.4) is 0 Å². The average Bonchev–Trinajstić information content (AvgIpc) is 2.98. The molecule has 0 saturated carbocycles. The van der Waals surface area contributed by atoms with E-state index in [0.29, 0.717) is 17.2 Å². The minimum atomic E-state index is -0.300. The molecule has 134 valence electrons. The number of urea groups is 1. The van der Waals surface area contributed by atoms with Crippen LogP contribution in [-0.2, 0) is 0 Å². The molecule has 1 aromatic heterocycles. The van der Waals surface area contributed by atoms with Crippen molar-refractivity contribution in [3.8, 4) is 0 Å². The summed E-state index contributed by atoms with van der Waals surface area (Å²) in [5, 5.41) is 15.4. The molecule has 3 rings (SSSR count). The molecule has 2 atom stereocenters. The molecule has 0 aliphatic carbocycles. The molecule has 2 aromatic rings. The van der Waals surface area contributed by atoms with Crippen LogP contribution >= 0.6 is 11.3 Å². The number of benzene rings is 1. The number of aryl methyl sites for hydroxylation is 2. The molecule has 1 aliphatic rings. The highest BCUT2D eigenvalue weighted by atomic mass is 32.1. The van der Waals surface area contributed by atoms with Crippen LogP contribution in [-0.4, -0.2) is 28.3 Å². The van der Waals surface area contributed by atoms with Crippen molar-refractivity contribution in [3.05, 3.63) is 29.3 Å². The SMILES string of the molecule is Cc1ccc(NC(=O)Nc2nnc(N3[C@@H](C)CCC[C@@H]3C)s2)cc1C. The van der Waals surface area contributed by atoms with Crippen molar-refractivity contribution in [2.24, 2.45) is 0 Å². The molecule has 0 spiro atoms. The lowest BCUT2D eigenvalue weighted by molar-refractivity contribution is 0.262. The minimum absolute atomic E-state index is 0.300. The number of anilines is 3. The number of hydrogen-bond acceptors (Lipinski definition) is 5. The smallest absolute Gasteiger partial charge is 0.325 e. The van der Waals surface area contributed by atoms with E-state index in [9.17, 15) is 4.79 Å². The first-order valence-electron chi connectivity index (χ1n) is 8.71. The summed E-state index contributed by atoms with van der Waals surface area (Å²) < 4.78 is 0. The fourth-order valence-corrected chi connectivity index (χ4v) is 4.19. The number of piperidine rings is 1. The van der Waals surface area contributed by atoms with Crippen molar-refractivity contribution < 1.29 is 4.79 Å². The molecule has 7 heteroatoms. The Balaban J connectivity index is 1.64. The molecule has 1 aliphatic heterocycles. The van der Waals surface area contributed by atoms with Crippen LogP contribution in [0.25, 0.3) is 0 Å². The van der Waals surface area contributed by atoms with E-state index >= 15 is 0 Å². The first kappa shape index (κ1) is 17.7. The Labute approximate surface area is 152 Å². The van der Waals surface area contributed by atoms with Crippen LogP contribution in [0.1, 0.15) is 44.2 Å². The molecule has 1 saturated heterocycles. The van der Waals surface area contributed by atoms with Crippen LogP contribution in [0, 0.1) is 13.8 Å². The van der Waals surface area contributed by atoms with Gasteiger partial charge >= 0.3 is 6.03 Å². The summed E-state index contributed by atoms with van der Waals surface area (Å²) in [5.41, 5.74) is 3.11. The van der Waals surface area contributed by atoms with Crippen LogP contribution in [0.4, 0.5) is 20.7 Å². The third kappa shape index (κ3) is 4.10. The number of nitrogens with one attached hydrogen (secondary N) is 2. The Morgan fingerprint density at radius 1 is 1.12 bits per heavy atom. The predicted octanol–water partition coefficient (Wildman–Crippen LogP) is 4.57. The summed E-state index contributed by atoms with van der Waals surface area (Å²) in [7, 11) is 0. The maximum absolute atomic E-state index is 12.2. The molecule has 0 bridgehead atoms. The third-order valence-electron chi connectivity index (χ3n) is 4.81. The van der Waals surface area contributed by atoms with E-state index in [1.165, 1.54) is 36.2 Å². The molecule has 2 heterocycles. The van der Waals surface area contributed by atoms with Gasteiger partial charge in [-0.05, 0) is 70.2 Å². The molecule has 1 aromatic carbocycles. The summed E-state index contributed by atoms with van der Waals surface area (Å²) in [6, 6.07) is 6.45. The molecule has 0 radical (unpaired) electrons. The van der Waals surface area contributed by atoms with Crippen LogP contribution in [0.5, 0.6) is 0 Å². The zero-order valence-electron chi connectivity index (χ0n) is 15.2. The van der Waals surface area contributed by atoms with E-state index in [1.54, 1.807) is 0 Å². The Morgan fingerprint density at radius 2 is 1.84 bits per heavy atom. The highest BCUT2D eigenvalue weighted by Gasteiger charge is 2.27. The van der Waals surface area contributed by atoms with Gasteiger partial charge in [-0.15, -0.1) is 10.2 Å². The summed E-state index contributed by atoms with van der Waals surface area (Å²) in [6.07, 6.45) is 3.58. The van der Waals surface area contributed by atoms with Crippen molar-refractivity contribution in [3.63, 3.8) is 0 Å². The monoisotopic (exact) mass is 359 g/mol. The molecule has 25 heavy (non-hydrogen) atoms. The Hall–Kier alpha value is -2.15. The number of hydrogen-bond donors (Lipinski definition) is 2. The Bertz CT molecular complexity index is 750. The Kier molecular flexibility index (Phi) is 5.22. The first-order valence-corrected chi connectivity index (χ1v) is 9.53. The van der Waals surface area contributed by atoms with Gasteiger partial charge in [-0.3, -0.25) is 5.32 Å². The normalized spacial score (nSPS) is 20.4. The standard InChI is InChI=1S/C18H25N5OS/c1-11-8-9-15(10-12(11)2)19-16(24)20-17-21-22-18(25-17)23-13(3)6-5-7-14(23)4/h8-10,13-14H,5-7H2,1-4H3,(H2,19,20,21,24)/t13-,14-/m0/s1. The summed E-state index contributed by atoms with van der Waals surface area (Å²) in [4.78, 5) is 14.5. The van der Waals surface area contributed by atoms with Crippen LogP contribution in [0.15, 0.2) is 18.2 Å². The summed E-state index contributed by atoms with van der Waals surface area (Å²) in [5.74, 6) is 0. The highest BCUT2D eigenvalue weighted by Crippen LogP contribution is 2.32. The lowest BCUT2D eigenvalue weighted by atomic mass is 9.98. The maximum Gasteiger partial charge on any atom is 0.325 e. The van der Waals surface area contributed by atoms with E-state index < -0.39 is 0 Å². The van der Waals surface area contributed by atoms with Crippen molar-refractivity contribution in [2.75, 3.05) is 15.5 Å². The van der Waals surface area contributed by atoms with Crippen molar-refractivity contribution in [1.82, 2.24) is 10.2 Å². The van der Waals surface area contributed by atoms with Gasteiger partial charge in [0.2, 0.25) is 10.3 Å². The number of carbonyl (C=O) groups is 1. The summed E-state index contributed by atoms with van der Waals surface area (Å²) >= 11 is 1.42. The van der Waals surface area contributed by atoms with E-state index in [1.807, 2.05) is 32.0 Å². The van der Waals surface area contributed by atoms with E-state index in [2.05, 4.69) is 39.6 Å². The Morgan fingerprint density at radius 3 is 2.52 bits per heavy atom. The zero-order valence-corrected chi connectivity index (χ0v) is 16.0. The van der Waals surface area contributed by atoms with Gasteiger partial charge in [0.1, 0.15) is 0 Å². The maximum atomic E-state index is 12.2. The number of amides is 2. The largest absolute Gasteiger partial charge is 0.341 e. The minimum Gasteiger partial charge on any atom is -0.341 e. The number of nitrogens with zero attached hydrogens (tertiary/aromatic N) is 3.